The van der Waals surface area contributed by atoms with Crippen LogP contribution in [0.1, 0.15) is 58.8 Å². The van der Waals surface area contributed by atoms with Crippen molar-refractivity contribution in [1.29, 1.82) is 0 Å². The molecule has 0 spiro atoms. The van der Waals surface area contributed by atoms with Crippen molar-refractivity contribution in [1.82, 2.24) is 5.32 Å². The van der Waals surface area contributed by atoms with Gasteiger partial charge in [0.25, 0.3) is 0 Å². The van der Waals surface area contributed by atoms with Gasteiger partial charge >= 0.3 is 0 Å². The first-order chi connectivity index (χ1) is 6.84. The summed E-state index contributed by atoms with van der Waals surface area (Å²) < 4.78 is 0. The Morgan fingerprint density at radius 2 is 2.00 bits per heavy atom. The highest BCUT2D eigenvalue weighted by Crippen LogP contribution is 2.30. The molecule has 2 unspecified atom stereocenters. The van der Waals surface area contributed by atoms with Crippen LogP contribution in [0.2, 0.25) is 0 Å². The lowest BCUT2D eigenvalue weighted by atomic mass is 9.98. The Morgan fingerprint density at radius 1 is 1.14 bits per heavy atom. The molecule has 0 amide bonds. The summed E-state index contributed by atoms with van der Waals surface area (Å²) in [6.45, 7) is 7.20. The van der Waals surface area contributed by atoms with Crippen LogP contribution in [0.3, 0.4) is 0 Å². The van der Waals surface area contributed by atoms with Crippen molar-refractivity contribution in [3.8, 4) is 0 Å². The van der Waals surface area contributed by atoms with E-state index >= 15 is 0 Å². The topological polar surface area (TPSA) is 12.0 Å². The fraction of sp³-hybridized carbons (Fsp3) is 1.00. The predicted octanol–water partition coefficient (Wildman–Crippen LogP) is 3.59. The SMILES string of the molecule is CCCCCCNCC1CCCC1C. The fourth-order valence-electron chi connectivity index (χ4n) is 2.49. The molecule has 1 aliphatic carbocycles. The molecule has 2 atom stereocenters. The number of hydrogen-bond donors (Lipinski definition) is 1. The quantitative estimate of drug-likeness (QED) is 0.615. The third-order valence-electron chi connectivity index (χ3n) is 3.65. The van der Waals surface area contributed by atoms with E-state index in [1.54, 1.807) is 0 Å². The summed E-state index contributed by atoms with van der Waals surface area (Å²) in [5.74, 6) is 1.94. The maximum absolute atomic E-state index is 3.62. The highest BCUT2D eigenvalue weighted by Gasteiger charge is 2.22. The Hall–Kier alpha value is -0.0400. The first kappa shape index (κ1) is 12.0. The van der Waals surface area contributed by atoms with Gasteiger partial charge in [-0.25, -0.2) is 0 Å². The third-order valence-corrected chi connectivity index (χ3v) is 3.65. The number of hydrogen-bond acceptors (Lipinski definition) is 1. The number of unbranched alkanes of at least 4 members (excludes halogenated alkanes) is 3. The van der Waals surface area contributed by atoms with Gasteiger partial charge in [0.15, 0.2) is 0 Å². The minimum absolute atomic E-state index is 0.971. The lowest BCUT2D eigenvalue weighted by Crippen LogP contribution is -2.25. The normalized spacial score (nSPS) is 27.0. The van der Waals surface area contributed by atoms with E-state index in [1.165, 1.54) is 58.0 Å². The fourth-order valence-corrected chi connectivity index (χ4v) is 2.49. The van der Waals surface area contributed by atoms with Crippen molar-refractivity contribution < 1.29 is 0 Å². The zero-order chi connectivity index (χ0) is 10.2. The second-order valence-corrected chi connectivity index (χ2v) is 4.93. The van der Waals surface area contributed by atoms with Gasteiger partial charge in [0.2, 0.25) is 0 Å². The molecule has 0 aliphatic heterocycles. The maximum atomic E-state index is 3.62. The zero-order valence-electron chi connectivity index (χ0n) is 10.0. The minimum Gasteiger partial charge on any atom is -0.316 e. The summed E-state index contributed by atoms with van der Waals surface area (Å²) in [5.41, 5.74) is 0. The molecule has 1 heteroatoms. The molecule has 0 radical (unpaired) electrons. The highest BCUT2D eigenvalue weighted by molar-refractivity contribution is 4.75. The Balaban J connectivity index is 1.88. The van der Waals surface area contributed by atoms with Gasteiger partial charge in [-0.3, -0.25) is 0 Å². The summed E-state index contributed by atoms with van der Waals surface area (Å²) in [5, 5.41) is 3.62. The predicted molar refractivity (Wildman–Crippen MR) is 63.5 cm³/mol. The van der Waals surface area contributed by atoms with Gasteiger partial charge in [0.05, 0.1) is 0 Å². The van der Waals surface area contributed by atoms with Crippen LogP contribution in [-0.4, -0.2) is 13.1 Å². The lowest BCUT2D eigenvalue weighted by molar-refractivity contribution is 0.390. The largest absolute Gasteiger partial charge is 0.316 e. The van der Waals surface area contributed by atoms with E-state index in [4.69, 9.17) is 0 Å². The number of nitrogens with one attached hydrogen (secondary N) is 1. The summed E-state index contributed by atoms with van der Waals surface area (Å²) in [6, 6.07) is 0. The second-order valence-electron chi connectivity index (χ2n) is 4.93. The molecule has 1 N–H and O–H groups in total. The smallest absolute Gasteiger partial charge is 0.00180 e. The molecule has 1 nitrogen and oxygen atoms in total. The van der Waals surface area contributed by atoms with Crippen molar-refractivity contribution in [2.75, 3.05) is 13.1 Å². The molecule has 14 heavy (non-hydrogen) atoms. The van der Waals surface area contributed by atoms with Crippen LogP contribution < -0.4 is 5.32 Å². The first-order valence-electron chi connectivity index (χ1n) is 6.55. The minimum atomic E-state index is 0.971. The van der Waals surface area contributed by atoms with E-state index in [0.717, 1.165) is 11.8 Å². The average molecular weight is 197 g/mol. The Bertz CT molecular complexity index is 133. The van der Waals surface area contributed by atoms with Crippen molar-refractivity contribution in [2.24, 2.45) is 11.8 Å². The zero-order valence-corrected chi connectivity index (χ0v) is 10.0. The molecule has 1 saturated carbocycles. The standard InChI is InChI=1S/C13H27N/c1-3-4-5-6-10-14-11-13-9-7-8-12(13)2/h12-14H,3-11H2,1-2H3. The third kappa shape index (κ3) is 4.45. The van der Waals surface area contributed by atoms with Gasteiger partial charge in [-0.1, -0.05) is 46.0 Å². The highest BCUT2D eigenvalue weighted by atomic mass is 14.9. The molecule has 0 aromatic heterocycles. The molecule has 1 aliphatic rings. The van der Waals surface area contributed by atoms with E-state index < -0.39 is 0 Å². The van der Waals surface area contributed by atoms with E-state index in [-0.39, 0.29) is 0 Å². The Labute approximate surface area is 89.7 Å². The molecule has 0 saturated heterocycles. The van der Waals surface area contributed by atoms with Crippen molar-refractivity contribution in [3.63, 3.8) is 0 Å². The van der Waals surface area contributed by atoms with Crippen molar-refractivity contribution in [2.45, 2.75) is 58.8 Å². The van der Waals surface area contributed by atoms with Gasteiger partial charge in [-0.15, -0.1) is 0 Å². The summed E-state index contributed by atoms with van der Waals surface area (Å²) in [6.07, 6.45) is 9.91. The molecule has 0 aromatic carbocycles. The molecule has 0 aromatic rings. The summed E-state index contributed by atoms with van der Waals surface area (Å²) in [7, 11) is 0. The van der Waals surface area contributed by atoms with Crippen molar-refractivity contribution in [3.05, 3.63) is 0 Å². The van der Waals surface area contributed by atoms with Gasteiger partial charge < -0.3 is 5.32 Å². The van der Waals surface area contributed by atoms with Gasteiger partial charge in [-0.05, 0) is 37.8 Å². The molecule has 1 fully saturated rings. The Morgan fingerprint density at radius 3 is 2.64 bits per heavy atom. The Kier molecular flexibility index (Phi) is 6.25. The monoisotopic (exact) mass is 197 g/mol. The molecule has 0 bridgehead atoms. The molecular formula is C13H27N. The van der Waals surface area contributed by atoms with Crippen LogP contribution in [0.4, 0.5) is 0 Å². The van der Waals surface area contributed by atoms with Gasteiger partial charge in [-0.2, -0.15) is 0 Å². The van der Waals surface area contributed by atoms with Crippen LogP contribution in [-0.2, 0) is 0 Å². The van der Waals surface area contributed by atoms with Crippen LogP contribution in [0.15, 0.2) is 0 Å². The number of rotatable bonds is 7. The van der Waals surface area contributed by atoms with Crippen LogP contribution in [0.25, 0.3) is 0 Å². The van der Waals surface area contributed by atoms with Crippen molar-refractivity contribution >= 4 is 0 Å². The van der Waals surface area contributed by atoms with Crippen LogP contribution in [0, 0.1) is 11.8 Å². The molecular weight excluding hydrogens is 170 g/mol. The molecule has 0 heterocycles. The van der Waals surface area contributed by atoms with Gasteiger partial charge in [0.1, 0.15) is 0 Å². The average Bonchev–Trinajstić information content (AvgIpc) is 2.58. The molecule has 1 rings (SSSR count). The van der Waals surface area contributed by atoms with E-state index in [0.29, 0.717) is 0 Å². The summed E-state index contributed by atoms with van der Waals surface area (Å²) >= 11 is 0. The van der Waals surface area contributed by atoms with E-state index in [2.05, 4.69) is 19.2 Å². The van der Waals surface area contributed by atoms with Gasteiger partial charge in [0, 0.05) is 0 Å². The summed E-state index contributed by atoms with van der Waals surface area (Å²) in [4.78, 5) is 0. The maximum Gasteiger partial charge on any atom is -0.00180 e. The lowest BCUT2D eigenvalue weighted by Gasteiger charge is -2.15. The molecule has 84 valence electrons. The van der Waals surface area contributed by atoms with E-state index in [9.17, 15) is 0 Å². The second kappa shape index (κ2) is 7.28. The van der Waals surface area contributed by atoms with Crippen LogP contribution >= 0.6 is 0 Å². The van der Waals surface area contributed by atoms with E-state index in [1.807, 2.05) is 0 Å². The first-order valence-corrected chi connectivity index (χ1v) is 6.55. The van der Waals surface area contributed by atoms with Crippen LogP contribution in [0.5, 0.6) is 0 Å².